The number of amides is 1. The Hall–Kier alpha value is -1.53. The molecule has 1 aliphatic heterocycles. The highest BCUT2D eigenvalue weighted by molar-refractivity contribution is 9.10. The van der Waals surface area contributed by atoms with Crippen molar-refractivity contribution in [2.24, 2.45) is 0 Å². The third-order valence-electron chi connectivity index (χ3n) is 3.79. The first kappa shape index (κ1) is 16.3. The van der Waals surface area contributed by atoms with Crippen LogP contribution in [0.5, 0.6) is 0 Å². The number of pyridine rings is 1. The van der Waals surface area contributed by atoms with Crippen LogP contribution in [0.25, 0.3) is 0 Å². The number of halogens is 1. The number of benzene rings is 1. The van der Waals surface area contributed by atoms with Gasteiger partial charge in [0, 0.05) is 41.7 Å². The Morgan fingerprint density at radius 3 is 2.52 bits per heavy atom. The largest absolute Gasteiger partial charge is 0.353 e. The van der Waals surface area contributed by atoms with Crippen molar-refractivity contribution in [3.05, 3.63) is 53.1 Å². The Morgan fingerprint density at radius 1 is 1.09 bits per heavy atom. The lowest BCUT2D eigenvalue weighted by molar-refractivity contribution is -0.128. The number of rotatable bonds is 4. The third kappa shape index (κ3) is 4.26. The van der Waals surface area contributed by atoms with E-state index < -0.39 is 0 Å². The van der Waals surface area contributed by atoms with E-state index in [0.29, 0.717) is 5.75 Å². The first-order valence-corrected chi connectivity index (χ1v) is 9.33. The minimum atomic E-state index is 0.200. The number of piperazine rings is 1. The summed E-state index contributed by atoms with van der Waals surface area (Å²) in [6.45, 7) is 3.18. The molecule has 2 heterocycles. The first-order chi connectivity index (χ1) is 11.2. The zero-order valence-electron chi connectivity index (χ0n) is 12.7. The number of anilines is 1. The zero-order chi connectivity index (χ0) is 16.1. The number of carbonyl (C=O) groups is 1. The van der Waals surface area contributed by atoms with E-state index in [-0.39, 0.29) is 5.91 Å². The van der Waals surface area contributed by atoms with Crippen LogP contribution in [-0.4, -0.2) is 47.7 Å². The molecule has 6 heteroatoms. The van der Waals surface area contributed by atoms with Crippen molar-refractivity contribution in [3.8, 4) is 0 Å². The van der Waals surface area contributed by atoms with E-state index in [1.54, 1.807) is 18.0 Å². The maximum atomic E-state index is 12.4. The fourth-order valence-electron chi connectivity index (χ4n) is 2.52. The fourth-order valence-corrected chi connectivity index (χ4v) is 3.99. The van der Waals surface area contributed by atoms with Gasteiger partial charge in [0.15, 0.2) is 0 Å². The Bertz CT molecular complexity index is 660. The normalized spacial score (nSPS) is 14.8. The molecule has 0 aliphatic carbocycles. The van der Waals surface area contributed by atoms with Crippen LogP contribution in [-0.2, 0) is 4.79 Å². The molecule has 120 valence electrons. The van der Waals surface area contributed by atoms with Gasteiger partial charge in [0.1, 0.15) is 5.82 Å². The lowest BCUT2D eigenvalue weighted by Gasteiger charge is -2.35. The second-order valence-corrected chi connectivity index (χ2v) is 7.15. The van der Waals surface area contributed by atoms with E-state index in [2.05, 4.69) is 25.8 Å². The Labute approximate surface area is 149 Å². The van der Waals surface area contributed by atoms with Crippen LogP contribution in [0.2, 0.25) is 0 Å². The number of carbonyl (C=O) groups excluding carboxylic acids is 1. The minimum Gasteiger partial charge on any atom is -0.353 e. The van der Waals surface area contributed by atoms with Crippen LogP contribution in [0, 0.1) is 0 Å². The number of hydrogen-bond donors (Lipinski definition) is 0. The molecule has 0 radical (unpaired) electrons. The molecule has 3 rings (SSSR count). The topological polar surface area (TPSA) is 36.4 Å². The molecule has 1 fully saturated rings. The Morgan fingerprint density at radius 2 is 1.83 bits per heavy atom. The maximum absolute atomic E-state index is 12.4. The summed E-state index contributed by atoms with van der Waals surface area (Å²) in [5.41, 5.74) is 0. The predicted octanol–water partition coefficient (Wildman–Crippen LogP) is 3.29. The van der Waals surface area contributed by atoms with Crippen molar-refractivity contribution in [3.63, 3.8) is 0 Å². The van der Waals surface area contributed by atoms with Gasteiger partial charge in [-0.25, -0.2) is 4.98 Å². The third-order valence-corrected chi connectivity index (χ3v) is 5.81. The Balaban J connectivity index is 1.50. The van der Waals surface area contributed by atoms with Gasteiger partial charge in [0.25, 0.3) is 0 Å². The van der Waals surface area contributed by atoms with Gasteiger partial charge in [-0.05, 0) is 40.2 Å². The summed E-state index contributed by atoms with van der Waals surface area (Å²) in [5, 5.41) is 0. The molecule has 0 bridgehead atoms. The lowest BCUT2D eigenvalue weighted by Crippen LogP contribution is -2.49. The molecule has 23 heavy (non-hydrogen) atoms. The van der Waals surface area contributed by atoms with Crippen LogP contribution in [0.1, 0.15) is 0 Å². The zero-order valence-corrected chi connectivity index (χ0v) is 15.1. The van der Waals surface area contributed by atoms with Crippen molar-refractivity contribution in [1.29, 1.82) is 0 Å². The minimum absolute atomic E-state index is 0.200. The molecular formula is C17H18BrN3OS. The molecule has 2 aromatic rings. The van der Waals surface area contributed by atoms with Gasteiger partial charge in [0.05, 0.1) is 5.75 Å². The second kappa shape index (κ2) is 7.84. The summed E-state index contributed by atoms with van der Waals surface area (Å²) in [6, 6.07) is 13.9. The van der Waals surface area contributed by atoms with E-state index in [9.17, 15) is 4.79 Å². The molecule has 0 spiro atoms. The van der Waals surface area contributed by atoms with Gasteiger partial charge in [-0.1, -0.05) is 18.2 Å². The van der Waals surface area contributed by atoms with Gasteiger partial charge in [-0.15, -0.1) is 11.8 Å². The van der Waals surface area contributed by atoms with Gasteiger partial charge in [-0.3, -0.25) is 4.79 Å². The smallest absolute Gasteiger partial charge is 0.233 e. The number of nitrogens with zero attached hydrogens (tertiary/aromatic N) is 3. The predicted molar refractivity (Wildman–Crippen MR) is 97.9 cm³/mol. The first-order valence-electron chi connectivity index (χ1n) is 7.55. The van der Waals surface area contributed by atoms with Crippen molar-refractivity contribution < 1.29 is 4.79 Å². The number of aromatic nitrogens is 1. The molecule has 1 aliphatic rings. The molecule has 1 amide bonds. The molecule has 1 aromatic carbocycles. The SMILES string of the molecule is O=C(CSc1ccccc1Br)N1CCN(c2ccccn2)CC1. The van der Waals surface area contributed by atoms with E-state index in [1.165, 1.54) is 0 Å². The fraction of sp³-hybridized carbons (Fsp3) is 0.294. The highest BCUT2D eigenvalue weighted by Crippen LogP contribution is 2.27. The van der Waals surface area contributed by atoms with E-state index in [1.807, 2.05) is 47.4 Å². The van der Waals surface area contributed by atoms with Crippen LogP contribution < -0.4 is 4.90 Å². The van der Waals surface area contributed by atoms with E-state index in [0.717, 1.165) is 41.4 Å². The highest BCUT2D eigenvalue weighted by atomic mass is 79.9. The monoisotopic (exact) mass is 391 g/mol. The molecule has 0 unspecified atom stereocenters. The molecule has 4 nitrogen and oxygen atoms in total. The number of thioether (sulfide) groups is 1. The maximum Gasteiger partial charge on any atom is 0.233 e. The average Bonchev–Trinajstić information content (AvgIpc) is 2.62. The molecular weight excluding hydrogens is 374 g/mol. The van der Waals surface area contributed by atoms with Crippen molar-refractivity contribution in [2.45, 2.75) is 4.90 Å². The van der Waals surface area contributed by atoms with Gasteiger partial charge >= 0.3 is 0 Å². The molecule has 0 atom stereocenters. The molecule has 0 N–H and O–H groups in total. The highest BCUT2D eigenvalue weighted by Gasteiger charge is 2.21. The van der Waals surface area contributed by atoms with Gasteiger partial charge < -0.3 is 9.80 Å². The standard InChI is InChI=1S/C17H18BrN3OS/c18-14-5-1-2-6-15(14)23-13-17(22)21-11-9-20(10-12-21)16-7-3-4-8-19-16/h1-8H,9-13H2. The van der Waals surface area contributed by atoms with Crippen LogP contribution in [0.3, 0.4) is 0 Å². The van der Waals surface area contributed by atoms with Crippen LogP contribution in [0.4, 0.5) is 5.82 Å². The summed E-state index contributed by atoms with van der Waals surface area (Å²) in [6.07, 6.45) is 1.81. The van der Waals surface area contributed by atoms with E-state index in [4.69, 9.17) is 0 Å². The molecule has 1 aromatic heterocycles. The molecule has 0 saturated carbocycles. The Kier molecular flexibility index (Phi) is 5.56. The van der Waals surface area contributed by atoms with E-state index >= 15 is 0 Å². The summed E-state index contributed by atoms with van der Waals surface area (Å²) >= 11 is 5.10. The molecule has 1 saturated heterocycles. The van der Waals surface area contributed by atoms with Crippen molar-refractivity contribution >= 4 is 39.4 Å². The average molecular weight is 392 g/mol. The second-order valence-electron chi connectivity index (χ2n) is 5.27. The summed E-state index contributed by atoms with van der Waals surface area (Å²) in [4.78, 5) is 22.0. The van der Waals surface area contributed by atoms with Crippen molar-refractivity contribution in [1.82, 2.24) is 9.88 Å². The summed E-state index contributed by atoms with van der Waals surface area (Å²) in [5.74, 6) is 1.67. The number of hydrogen-bond acceptors (Lipinski definition) is 4. The lowest BCUT2D eigenvalue weighted by atomic mass is 10.3. The van der Waals surface area contributed by atoms with Crippen molar-refractivity contribution in [2.75, 3.05) is 36.8 Å². The summed E-state index contributed by atoms with van der Waals surface area (Å²) < 4.78 is 1.04. The van der Waals surface area contributed by atoms with Gasteiger partial charge in [-0.2, -0.15) is 0 Å². The quantitative estimate of drug-likeness (QED) is 0.749. The van der Waals surface area contributed by atoms with Gasteiger partial charge in [0.2, 0.25) is 5.91 Å². The van der Waals surface area contributed by atoms with Crippen LogP contribution >= 0.6 is 27.7 Å². The van der Waals surface area contributed by atoms with Crippen LogP contribution in [0.15, 0.2) is 58.0 Å². The summed E-state index contributed by atoms with van der Waals surface area (Å²) in [7, 11) is 0.